The lowest BCUT2D eigenvalue weighted by Gasteiger charge is -2.12. The molecule has 132 valence electrons. The summed E-state index contributed by atoms with van der Waals surface area (Å²) < 4.78 is 6.59. The van der Waals surface area contributed by atoms with Crippen LogP contribution in [0.25, 0.3) is 11.5 Å². The Kier molecular flexibility index (Phi) is 6.69. The topological polar surface area (TPSA) is 68.0 Å². The highest BCUT2D eigenvalue weighted by Crippen LogP contribution is 2.24. The Morgan fingerprint density at radius 2 is 2.08 bits per heavy atom. The fourth-order valence-electron chi connectivity index (χ4n) is 2.65. The van der Waals surface area contributed by atoms with Crippen molar-refractivity contribution in [3.05, 3.63) is 40.4 Å². The molecule has 1 heterocycles. The van der Waals surface area contributed by atoms with E-state index >= 15 is 0 Å². The van der Waals surface area contributed by atoms with Crippen molar-refractivity contribution >= 4 is 33.6 Å². The minimum atomic E-state index is -0.00944. The van der Waals surface area contributed by atoms with Crippen LogP contribution in [0, 0.1) is 0 Å². The van der Waals surface area contributed by atoms with E-state index in [-0.39, 0.29) is 11.7 Å². The van der Waals surface area contributed by atoms with Gasteiger partial charge in [0.05, 0.1) is 5.75 Å². The Balaban J connectivity index is 1.41. The number of hydrogen-bond donors (Lipinski definition) is 1. The molecule has 1 aliphatic rings. The molecule has 3 rings (SSSR count). The molecule has 0 aliphatic heterocycles. The normalized spacial score (nSPS) is 14.2. The molecule has 1 amide bonds. The number of carbonyl (C=O) groups excluding carboxylic acids is 1. The van der Waals surface area contributed by atoms with E-state index < -0.39 is 0 Å². The second-order valence-corrected chi connectivity index (χ2v) is 7.72. The molecule has 0 radical (unpaired) electrons. The van der Waals surface area contributed by atoms with Gasteiger partial charge in [-0.2, -0.15) is 0 Å². The lowest BCUT2D eigenvalue weighted by Crippen LogP contribution is -2.26. The van der Waals surface area contributed by atoms with Crippen molar-refractivity contribution in [2.24, 2.45) is 0 Å². The first kappa shape index (κ1) is 18.2. The van der Waals surface area contributed by atoms with Gasteiger partial charge in [0.2, 0.25) is 11.8 Å². The minimum Gasteiger partial charge on any atom is -0.411 e. The Labute approximate surface area is 159 Å². The van der Waals surface area contributed by atoms with Gasteiger partial charge in [0.15, 0.2) is 0 Å². The van der Waals surface area contributed by atoms with Gasteiger partial charge in [0, 0.05) is 16.6 Å². The van der Waals surface area contributed by atoms with Crippen LogP contribution in [0.5, 0.6) is 0 Å². The van der Waals surface area contributed by atoms with Gasteiger partial charge in [-0.15, -0.1) is 10.2 Å². The first-order chi connectivity index (χ1) is 12.2. The molecule has 0 spiro atoms. The van der Waals surface area contributed by atoms with Gasteiger partial charge in [0.1, 0.15) is 0 Å². The molecule has 1 aromatic heterocycles. The van der Waals surface area contributed by atoms with Crippen LogP contribution in [-0.2, 0) is 4.79 Å². The number of nitrogens with zero attached hydrogens (tertiary/aromatic N) is 2. The molecule has 0 atom stereocenters. The zero-order chi connectivity index (χ0) is 17.5. The fourth-order valence-corrected chi connectivity index (χ4v) is 3.51. The first-order valence-corrected chi connectivity index (χ1v) is 10.2. The van der Waals surface area contributed by atoms with Crippen LogP contribution in [0.4, 0.5) is 0 Å². The third-order valence-electron chi connectivity index (χ3n) is 3.98. The molecule has 0 fully saturated rings. The first-order valence-electron chi connectivity index (χ1n) is 8.37. The van der Waals surface area contributed by atoms with Gasteiger partial charge in [-0.05, 0) is 56.4 Å². The van der Waals surface area contributed by atoms with Crippen molar-refractivity contribution in [2.75, 3.05) is 12.3 Å². The molecule has 0 saturated carbocycles. The molecule has 0 bridgehead atoms. The van der Waals surface area contributed by atoms with Crippen molar-refractivity contribution < 1.29 is 9.21 Å². The fraction of sp³-hybridized carbons (Fsp3) is 0.389. The molecule has 1 N–H and O–H groups in total. The molecule has 25 heavy (non-hydrogen) atoms. The van der Waals surface area contributed by atoms with Crippen molar-refractivity contribution in [3.8, 4) is 11.5 Å². The van der Waals surface area contributed by atoms with E-state index in [1.807, 2.05) is 24.3 Å². The van der Waals surface area contributed by atoms with Crippen LogP contribution >= 0.6 is 27.7 Å². The molecule has 2 aromatic rings. The lowest BCUT2D eigenvalue weighted by molar-refractivity contribution is -0.118. The molecule has 7 heteroatoms. The number of amides is 1. The molecule has 0 unspecified atom stereocenters. The number of aromatic nitrogens is 2. The average Bonchev–Trinajstić information content (AvgIpc) is 3.10. The summed E-state index contributed by atoms with van der Waals surface area (Å²) >= 11 is 4.65. The summed E-state index contributed by atoms with van der Waals surface area (Å²) in [5, 5.41) is 11.4. The van der Waals surface area contributed by atoms with Gasteiger partial charge in [-0.1, -0.05) is 39.3 Å². The highest BCUT2D eigenvalue weighted by atomic mass is 79.9. The van der Waals surface area contributed by atoms with Crippen molar-refractivity contribution in [3.63, 3.8) is 0 Å². The molecule has 1 aliphatic carbocycles. The number of rotatable bonds is 7. The highest BCUT2D eigenvalue weighted by Gasteiger charge is 2.11. The number of nitrogens with one attached hydrogen (secondary N) is 1. The highest BCUT2D eigenvalue weighted by molar-refractivity contribution is 9.10. The number of halogens is 1. The Morgan fingerprint density at radius 1 is 1.24 bits per heavy atom. The standard InChI is InChI=1S/C18H20BrN3O2S/c19-15-8-6-14(7-9-15)17-21-22-18(24-17)25-12-16(23)20-11-10-13-4-2-1-3-5-13/h4,6-9H,1-3,5,10-12H2,(H,20,23). The Bertz CT molecular complexity index is 743. The zero-order valence-electron chi connectivity index (χ0n) is 13.8. The SMILES string of the molecule is O=C(CSc1nnc(-c2ccc(Br)cc2)o1)NCCC1=CCCCC1. The number of benzene rings is 1. The van der Waals surface area contributed by atoms with Crippen molar-refractivity contribution in [1.29, 1.82) is 0 Å². The summed E-state index contributed by atoms with van der Waals surface area (Å²) in [6, 6.07) is 7.64. The van der Waals surface area contributed by atoms with E-state index in [0.29, 0.717) is 17.7 Å². The van der Waals surface area contributed by atoms with E-state index in [1.165, 1.54) is 43.0 Å². The maximum atomic E-state index is 11.9. The summed E-state index contributed by atoms with van der Waals surface area (Å²) in [5.74, 6) is 0.727. The largest absolute Gasteiger partial charge is 0.411 e. The molecular weight excluding hydrogens is 402 g/mol. The summed E-state index contributed by atoms with van der Waals surface area (Å²) in [6.07, 6.45) is 8.17. The van der Waals surface area contributed by atoms with Crippen molar-refractivity contribution in [2.45, 2.75) is 37.3 Å². The summed E-state index contributed by atoms with van der Waals surface area (Å²) in [4.78, 5) is 11.9. The average molecular weight is 422 g/mol. The van der Waals surface area contributed by atoms with E-state index in [1.54, 1.807) is 0 Å². The van der Waals surface area contributed by atoms with Crippen LogP contribution in [0.2, 0.25) is 0 Å². The maximum absolute atomic E-state index is 11.9. The molecule has 5 nitrogen and oxygen atoms in total. The van der Waals surface area contributed by atoms with Crippen molar-refractivity contribution in [1.82, 2.24) is 15.5 Å². The lowest BCUT2D eigenvalue weighted by atomic mass is 9.97. The quantitative estimate of drug-likeness (QED) is 0.522. The predicted molar refractivity (Wildman–Crippen MR) is 102 cm³/mol. The van der Waals surface area contributed by atoms with Gasteiger partial charge in [-0.3, -0.25) is 4.79 Å². The second kappa shape index (κ2) is 9.20. The second-order valence-electron chi connectivity index (χ2n) is 5.88. The van der Waals surface area contributed by atoms with Gasteiger partial charge in [0.25, 0.3) is 5.22 Å². The van der Waals surface area contributed by atoms with Crippen LogP contribution in [-0.4, -0.2) is 28.4 Å². The maximum Gasteiger partial charge on any atom is 0.277 e. The monoisotopic (exact) mass is 421 g/mol. The number of hydrogen-bond acceptors (Lipinski definition) is 5. The minimum absolute atomic E-state index is 0.00944. The Hall–Kier alpha value is -1.60. The van der Waals surface area contributed by atoms with Gasteiger partial charge >= 0.3 is 0 Å². The number of allylic oxidation sites excluding steroid dienone is 1. The smallest absolute Gasteiger partial charge is 0.277 e. The zero-order valence-corrected chi connectivity index (χ0v) is 16.2. The van der Waals surface area contributed by atoms with Gasteiger partial charge in [-0.25, -0.2) is 0 Å². The molecule has 0 saturated heterocycles. The van der Waals surface area contributed by atoms with E-state index in [9.17, 15) is 4.79 Å². The molecule has 1 aromatic carbocycles. The number of thioether (sulfide) groups is 1. The summed E-state index contributed by atoms with van der Waals surface area (Å²) in [6.45, 7) is 0.694. The van der Waals surface area contributed by atoms with Crippen LogP contribution in [0.1, 0.15) is 32.1 Å². The van der Waals surface area contributed by atoms with E-state index in [4.69, 9.17) is 4.42 Å². The van der Waals surface area contributed by atoms with Crippen LogP contribution in [0.15, 0.2) is 50.0 Å². The number of carbonyl (C=O) groups is 1. The van der Waals surface area contributed by atoms with Gasteiger partial charge < -0.3 is 9.73 Å². The summed E-state index contributed by atoms with van der Waals surface area (Å²) in [7, 11) is 0. The predicted octanol–water partition coefficient (Wildman–Crippen LogP) is 4.60. The summed E-state index contributed by atoms with van der Waals surface area (Å²) in [5.41, 5.74) is 2.32. The van der Waals surface area contributed by atoms with E-state index in [2.05, 4.69) is 37.5 Å². The third kappa shape index (κ3) is 5.71. The third-order valence-corrected chi connectivity index (χ3v) is 5.32. The Morgan fingerprint density at radius 3 is 2.84 bits per heavy atom. The van der Waals surface area contributed by atoms with Crippen LogP contribution < -0.4 is 5.32 Å². The van der Waals surface area contributed by atoms with Crippen LogP contribution in [0.3, 0.4) is 0 Å². The molecular formula is C18H20BrN3O2S. The van der Waals surface area contributed by atoms with E-state index in [0.717, 1.165) is 16.5 Å².